The standard InChI is InChI=1S/C22H14ClN3O6/c1-24-20(27)17(21(28)25(22(24)29)13-5-3-2-4-6-13)12-15-8-10-19(32-15)16-11-14(26(30)31)7-9-18(16)23/h2-12H,1H3/b17-12+. The molecule has 1 saturated heterocycles. The van der Waals surface area contributed by atoms with Gasteiger partial charge in [-0.25, -0.2) is 9.69 Å². The molecule has 32 heavy (non-hydrogen) atoms. The fourth-order valence-corrected chi connectivity index (χ4v) is 3.39. The first-order valence-corrected chi connectivity index (χ1v) is 9.63. The molecule has 160 valence electrons. The number of hydrogen-bond donors (Lipinski definition) is 0. The summed E-state index contributed by atoms with van der Waals surface area (Å²) in [5.41, 5.74) is 0.153. The van der Waals surface area contributed by atoms with Crippen LogP contribution < -0.4 is 4.90 Å². The zero-order valence-corrected chi connectivity index (χ0v) is 17.3. The van der Waals surface area contributed by atoms with Gasteiger partial charge >= 0.3 is 6.03 Å². The molecule has 10 heteroatoms. The van der Waals surface area contributed by atoms with Crippen LogP contribution in [0.15, 0.2) is 70.7 Å². The molecule has 0 aliphatic carbocycles. The van der Waals surface area contributed by atoms with Gasteiger partial charge in [0.25, 0.3) is 17.5 Å². The number of furan rings is 1. The predicted molar refractivity (Wildman–Crippen MR) is 116 cm³/mol. The van der Waals surface area contributed by atoms with Crippen molar-refractivity contribution in [1.29, 1.82) is 0 Å². The summed E-state index contributed by atoms with van der Waals surface area (Å²) < 4.78 is 5.68. The molecule has 0 saturated carbocycles. The lowest BCUT2D eigenvalue weighted by Crippen LogP contribution is -2.55. The van der Waals surface area contributed by atoms with Crippen molar-refractivity contribution in [2.24, 2.45) is 0 Å². The number of hydrogen-bond acceptors (Lipinski definition) is 6. The number of carbonyl (C=O) groups is 3. The van der Waals surface area contributed by atoms with Crippen LogP contribution in [0.2, 0.25) is 5.02 Å². The molecule has 3 aromatic rings. The van der Waals surface area contributed by atoms with E-state index in [0.29, 0.717) is 5.69 Å². The van der Waals surface area contributed by atoms with Crippen molar-refractivity contribution in [3.8, 4) is 11.3 Å². The summed E-state index contributed by atoms with van der Waals surface area (Å²) in [6.45, 7) is 0. The van der Waals surface area contributed by atoms with Crippen LogP contribution >= 0.6 is 11.6 Å². The molecule has 0 radical (unpaired) electrons. The van der Waals surface area contributed by atoms with E-state index in [9.17, 15) is 24.5 Å². The lowest BCUT2D eigenvalue weighted by molar-refractivity contribution is -0.384. The first-order valence-electron chi connectivity index (χ1n) is 9.25. The van der Waals surface area contributed by atoms with E-state index < -0.39 is 22.8 Å². The predicted octanol–water partition coefficient (Wildman–Crippen LogP) is 4.52. The number of carbonyl (C=O) groups excluding carboxylic acids is 3. The Balaban J connectivity index is 1.73. The average molecular weight is 452 g/mol. The Labute approximate surface area is 186 Å². The van der Waals surface area contributed by atoms with Crippen LogP contribution in [0.1, 0.15) is 5.76 Å². The van der Waals surface area contributed by atoms with Crippen molar-refractivity contribution < 1.29 is 23.7 Å². The summed E-state index contributed by atoms with van der Waals surface area (Å²) in [4.78, 5) is 50.4. The van der Waals surface area contributed by atoms with Crippen molar-refractivity contribution in [1.82, 2.24) is 4.90 Å². The van der Waals surface area contributed by atoms with Gasteiger partial charge in [-0.2, -0.15) is 0 Å². The van der Waals surface area contributed by atoms with Crippen molar-refractivity contribution in [2.45, 2.75) is 0 Å². The van der Waals surface area contributed by atoms with Gasteiger partial charge in [-0.05, 0) is 36.4 Å². The van der Waals surface area contributed by atoms with Crippen molar-refractivity contribution in [3.63, 3.8) is 0 Å². The summed E-state index contributed by atoms with van der Waals surface area (Å²) in [5, 5.41) is 11.3. The maximum absolute atomic E-state index is 13.0. The molecule has 9 nitrogen and oxygen atoms in total. The number of urea groups is 1. The third kappa shape index (κ3) is 3.65. The van der Waals surface area contributed by atoms with Gasteiger partial charge in [-0.15, -0.1) is 0 Å². The minimum Gasteiger partial charge on any atom is -0.457 e. The third-order valence-corrected chi connectivity index (χ3v) is 5.13. The Bertz CT molecular complexity index is 1300. The highest BCUT2D eigenvalue weighted by Gasteiger charge is 2.41. The van der Waals surface area contributed by atoms with E-state index in [1.165, 1.54) is 43.5 Å². The number of non-ortho nitro benzene ring substituents is 1. The van der Waals surface area contributed by atoms with Crippen LogP contribution in [-0.4, -0.2) is 34.7 Å². The molecule has 0 atom stereocenters. The van der Waals surface area contributed by atoms with Gasteiger partial charge in [-0.3, -0.25) is 24.6 Å². The number of barbiturate groups is 1. The van der Waals surface area contributed by atoms with Crippen LogP contribution in [0.4, 0.5) is 16.2 Å². The zero-order chi connectivity index (χ0) is 23.0. The highest BCUT2D eigenvalue weighted by molar-refractivity contribution is 6.39. The van der Waals surface area contributed by atoms with E-state index in [0.717, 1.165) is 9.80 Å². The quantitative estimate of drug-likeness (QED) is 0.249. The molecule has 1 aromatic heterocycles. The summed E-state index contributed by atoms with van der Waals surface area (Å²) in [6, 6.07) is 14.3. The van der Waals surface area contributed by atoms with E-state index in [-0.39, 0.29) is 33.4 Å². The summed E-state index contributed by atoms with van der Waals surface area (Å²) in [6.07, 6.45) is 1.22. The number of benzene rings is 2. The highest BCUT2D eigenvalue weighted by atomic mass is 35.5. The third-order valence-electron chi connectivity index (χ3n) is 4.80. The second-order valence-corrected chi connectivity index (χ2v) is 7.21. The minimum atomic E-state index is -0.796. The molecule has 1 aliphatic heterocycles. The zero-order valence-electron chi connectivity index (χ0n) is 16.5. The Kier molecular flexibility index (Phi) is 5.33. The fraction of sp³-hybridized carbons (Fsp3) is 0.0455. The second-order valence-electron chi connectivity index (χ2n) is 6.80. The van der Waals surface area contributed by atoms with Crippen molar-refractivity contribution in [3.05, 3.63) is 87.1 Å². The van der Waals surface area contributed by atoms with E-state index in [1.807, 2.05) is 0 Å². The number of imide groups is 2. The molecule has 4 amide bonds. The molecule has 1 aliphatic rings. The Morgan fingerprint density at radius 2 is 1.72 bits per heavy atom. The van der Waals surface area contributed by atoms with Gasteiger partial charge in [0.05, 0.1) is 15.6 Å². The number of amides is 4. The molecular formula is C22H14ClN3O6. The maximum atomic E-state index is 13.0. The van der Waals surface area contributed by atoms with E-state index in [2.05, 4.69) is 0 Å². The van der Waals surface area contributed by atoms with E-state index in [1.54, 1.807) is 30.3 Å². The van der Waals surface area contributed by atoms with Gasteiger partial charge in [0.15, 0.2) is 0 Å². The number of nitro groups is 1. The van der Waals surface area contributed by atoms with Gasteiger partial charge in [0, 0.05) is 24.7 Å². The monoisotopic (exact) mass is 451 g/mol. The van der Waals surface area contributed by atoms with Gasteiger partial charge < -0.3 is 4.42 Å². The van der Waals surface area contributed by atoms with Crippen LogP contribution in [0.5, 0.6) is 0 Å². The molecule has 2 aromatic carbocycles. The Hall–Kier alpha value is -4.24. The highest BCUT2D eigenvalue weighted by Crippen LogP contribution is 2.33. The first kappa shape index (κ1) is 21.0. The number of rotatable bonds is 4. The number of likely N-dealkylation sites (N-methyl/N-ethyl adjacent to an activating group) is 1. The smallest absolute Gasteiger partial charge is 0.338 e. The lowest BCUT2D eigenvalue weighted by Gasteiger charge is -2.31. The maximum Gasteiger partial charge on any atom is 0.338 e. The molecule has 0 unspecified atom stereocenters. The van der Waals surface area contributed by atoms with Crippen LogP contribution in [-0.2, 0) is 9.59 Å². The Morgan fingerprint density at radius 1 is 1.00 bits per heavy atom. The topological polar surface area (TPSA) is 114 Å². The van der Waals surface area contributed by atoms with E-state index >= 15 is 0 Å². The molecule has 0 spiro atoms. The number of anilines is 1. The van der Waals surface area contributed by atoms with Gasteiger partial charge in [-0.1, -0.05) is 29.8 Å². The van der Waals surface area contributed by atoms with Crippen molar-refractivity contribution >= 4 is 46.9 Å². The largest absolute Gasteiger partial charge is 0.457 e. The Morgan fingerprint density at radius 3 is 2.41 bits per heavy atom. The van der Waals surface area contributed by atoms with Crippen LogP contribution in [0.3, 0.4) is 0 Å². The van der Waals surface area contributed by atoms with Gasteiger partial charge in [0.2, 0.25) is 0 Å². The van der Waals surface area contributed by atoms with Gasteiger partial charge in [0.1, 0.15) is 17.1 Å². The first-order chi connectivity index (χ1) is 15.3. The molecule has 0 N–H and O–H groups in total. The number of nitro benzene ring substituents is 1. The molecule has 4 rings (SSSR count). The molecular weight excluding hydrogens is 438 g/mol. The van der Waals surface area contributed by atoms with Crippen LogP contribution in [0.25, 0.3) is 17.4 Å². The number of nitrogens with zero attached hydrogens (tertiary/aromatic N) is 3. The summed E-state index contributed by atoms with van der Waals surface area (Å²) >= 11 is 6.15. The minimum absolute atomic E-state index is 0.134. The molecule has 2 heterocycles. The summed E-state index contributed by atoms with van der Waals surface area (Å²) in [7, 11) is 1.28. The van der Waals surface area contributed by atoms with Crippen LogP contribution in [0, 0.1) is 10.1 Å². The second kappa shape index (κ2) is 8.12. The number of para-hydroxylation sites is 1. The van der Waals surface area contributed by atoms with E-state index in [4.69, 9.17) is 16.0 Å². The average Bonchev–Trinajstić information content (AvgIpc) is 3.25. The molecule has 0 bridgehead atoms. The lowest BCUT2D eigenvalue weighted by atomic mass is 10.1. The summed E-state index contributed by atoms with van der Waals surface area (Å²) in [5.74, 6) is -1.23. The number of halogens is 1. The molecule has 1 fully saturated rings. The van der Waals surface area contributed by atoms with Crippen molar-refractivity contribution in [2.75, 3.05) is 11.9 Å². The fourth-order valence-electron chi connectivity index (χ4n) is 3.18. The normalized spacial score (nSPS) is 15.6. The SMILES string of the molecule is CN1C(=O)/C(=C\c2ccc(-c3cc([N+](=O)[O-])ccc3Cl)o2)C(=O)N(c2ccccc2)C1=O.